The molecular formula is C16H31N3O2. The molecular weight excluding hydrogens is 266 g/mol. The van der Waals surface area contributed by atoms with E-state index < -0.39 is 0 Å². The fourth-order valence-corrected chi connectivity index (χ4v) is 2.12. The molecule has 0 aromatic heterocycles. The first-order valence-corrected chi connectivity index (χ1v) is 8.06. The van der Waals surface area contributed by atoms with E-state index in [1.807, 2.05) is 0 Å². The number of Topliss-reactive ketones (excluding diaryl/α,β-unsaturated/α-hetero) is 1. The largest absolute Gasteiger partial charge is 0.339 e. The minimum Gasteiger partial charge on any atom is -0.339 e. The van der Waals surface area contributed by atoms with Gasteiger partial charge in [0.1, 0.15) is 5.78 Å². The van der Waals surface area contributed by atoms with Gasteiger partial charge in [0.2, 0.25) is 5.91 Å². The summed E-state index contributed by atoms with van der Waals surface area (Å²) < 4.78 is 0. The van der Waals surface area contributed by atoms with Crippen LogP contribution in [0.4, 0.5) is 0 Å². The first-order chi connectivity index (χ1) is 9.97. The van der Waals surface area contributed by atoms with Crippen LogP contribution in [0.15, 0.2) is 0 Å². The highest BCUT2D eigenvalue weighted by molar-refractivity contribution is 5.96. The van der Waals surface area contributed by atoms with Crippen LogP contribution < -0.4 is 5.32 Å². The summed E-state index contributed by atoms with van der Waals surface area (Å²) in [5.41, 5.74) is 0. The number of unbranched alkanes of at least 4 members (excludes halogenated alkanes) is 7. The van der Waals surface area contributed by atoms with Gasteiger partial charge in [-0.1, -0.05) is 51.9 Å². The summed E-state index contributed by atoms with van der Waals surface area (Å²) >= 11 is 0. The Kier molecular flexibility index (Phi) is 11.5. The minimum atomic E-state index is -0.138. The Morgan fingerprint density at radius 3 is 2.05 bits per heavy atom. The lowest BCUT2D eigenvalue weighted by atomic mass is 10.1. The molecule has 0 aliphatic carbocycles. The number of carbonyl (C=O) groups excluding carboxylic acids is 2. The number of amides is 1. The molecule has 0 radical (unpaired) electrons. The summed E-state index contributed by atoms with van der Waals surface area (Å²) in [5, 5.41) is 10.2. The van der Waals surface area contributed by atoms with Crippen molar-refractivity contribution in [1.82, 2.24) is 10.2 Å². The van der Waals surface area contributed by atoms with Crippen molar-refractivity contribution in [2.75, 3.05) is 13.6 Å². The van der Waals surface area contributed by atoms with Crippen LogP contribution in [-0.4, -0.2) is 36.1 Å². The van der Waals surface area contributed by atoms with Gasteiger partial charge < -0.3 is 4.90 Å². The van der Waals surface area contributed by atoms with E-state index in [1.165, 1.54) is 50.3 Å². The van der Waals surface area contributed by atoms with E-state index in [-0.39, 0.29) is 24.2 Å². The Balaban J connectivity index is 3.58. The number of hydrogen-bond acceptors (Lipinski definition) is 3. The molecule has 21 heavy (non-hydrogen) atoms. The average molecular weight is 297 g/mol. The second-order valence-electron chi connectivity index (χ2n) is 5.68. The quantitative estimate of drug-likeness (QED) is 0.350. The molecule has 0 rings (SSSR count). The predicted octanol–water partition coefficient (Wildman–Crippen LogP) is 3.09. The van der Waals surface area contributed by atoms with Crippen molar-refractivity contribution in [1.29, 1.82) is 5.41 Å². The molecule has 0 aromatic rings. The lowest BCUT2D eigenvalue weighted by molar-refractivity contribution is -0.120. The zero-order valence-electron chi connectivity index (χ0n) is 13.8. The number of rotatable bonds is 11. The predicted molar refractivity (Wildman–Crippen MR) is 86.4 cm³/mol. The highest BCUT2D eigenvalue weighted by Gasteiger charge is 2.10. The Labute approximate surface area is 129 Å². The summed E-state index contributed by atoms with van der Waals surface area (Å²) in [7, 11) is 1.63. The van der Waals surface area contributed by atoms with Crippen molar-refractivity contribution in [3.05, 3.63) is 0 Å². The summed E-state index contributed by atoms with van der Waals surface area (Å²) in [5.74, 6) is -0.171. The van der Waals surface area contributed by atoms with Gasteiger partial charge in [-0.3, -0.25) is 20.3 Å². The van der Waals surface area contributed by atoms with Crippen LogP contribution in [0.2, 0.25) is 0 Å². The summed E-state index contributed by atoms with van der Waals surface area (Å²) in [4.78, 5) is 24.0. The molecule has 0 bridgehead atoms. The second-order valence-corrected chi connectivity index (χ2v) is 5.68. The van der Waals surface area contributed by atoms with Crippen LogP contribution >= 0.6 is 0 Å². The third kappa shape index (κ3) is 12.1. The van der Waals surface area contributed by atoms with Gasteiger partial charge in [-0.2, -0.15) is 0 Å². The van der Waals surface area contributed by atoms with Crippen LogP contribution in [0.3, 0.4) is 0 Å². The molecule has 0 aromatic carbocycles. The molecule has 0 unspecified atom stereocenters. The highest BCUT2D eigenvalue weighted by atomic mass is 16.2. The van der Waals surface area contributed by atoms with E-state index in [9.17, 15) is 9.59 Å². The zero-order chi connectivity index (χ0) is 16.1. The Morgan fingerprint density at radius 1 is 1.00 bits per heavy atom. The van der Waals surface area contributed by atoms with Gasteiger partial charge in [0, 0.05) is 13.5 Å². The Morgan fingerprint density at radius 2 is 1.52 bits per heavy atom. The first kappa shape index (κ1) is 19.6. The summed E-state index contributed by atoms with van der Waals surface area (Å²) in [6, 6.07) is 0. The van der Waals surface area contributed by atoms with Gasteiger partial charge in [-0.25, -0.2) is 0 Å². The van der Waals surface area contributed by atoms with Gasteiger partial charge in [0.15, 0.2) is 5.96 Å². The van der Waals surface area contributed by atoms with E-state index in [0.29, 0.717) is 6.42 Å². The Hall–Kier alpha value is -1.39. The maximum absolute atomic E-state index is 11.7. The molecule has 0 fully saturated rings. The van der Waals surface area contributed by atoms with E-state index in [0.717, 1.165) is 12.8 Å². The summed E-state index contributed by atoms with van der Waals surface area (Å²) in [6.07, 6.45) is 10.0. The van der Waals surface area contributed by atoms with E-state index in [4.69, 9.17) is 5.41 Å². The molecule has 122 valence electrons. The SMILES string of the molecule is CCCCCCCCCCC(=O)NC(=N)N(C)CC(C)=O. The van der Waals surface area contributed by atoms with E-state index in [1.54, 1.807) is 7.05 Å². The van der Waals surface area contributed by atoms with Crippen LogP contribution in [0.5, 0.6) is 0 Å². The highest BCUT2D eigenvalue weighted by Crippen LogP contribution is 2.09. The van der Waals surface area contributed by atoms with Crippen molar-refractivity contribution in [3.8, 4) is 0 Å². The maximum atomic E-state index is 11.7. The topological polar surface area (TPSA) is 73.3 Å². The normalized spacial score (nSPS) is 10.2. The third-order valence-corrected chi connectivity index (χ3v) is 3.36. The average Bonchev–Trinajstić information content (AvgIpc) is 2.41. The Bertz CT molecular complexity index is 329. The third-order valence-electron chi connectivity index (χ3n) is 3.36. The lowest BCUT2D eigenvalue weighted by Gasteiger charge is -2.18. The molecule has 0 saturated heterocycles. The van der Waals surface area contributed by atoms with Crippen molar-refractivity contribution < 1.29 is 9.59 Å². The number of guanidine groups is 1. The van der Waals surface area contributed by atoms with Gasteiger partial charge in [-0.05, 0) is 13.3 Å². The smallest absolute Gasteiger partial charge is 0.226 e. The van der Waals surface area contributed by atoms with Gasteiger partial charge in [-0.15, -0.1) is 0 Å². The van der Waals surface area contributed by atoms with Crippen molar-refractivity contribution in [2.24, 2.45) is 0 Å². The molecule has 0 saturated carbocycles. The van der Waals surface area contributed by atoms with Gasteiger partial charge in [0.05, 0.1) is 6.54 Å². The standard InChI is InChI=1S/C16H31N3O2/c1-4-5-6-7-8-9-10-11-12-15(21)18-16(17)19(3)13-14(2)20/h4-13H2,1-3H3,(H2,17,18,21). The van der Waals surface area contributed by atoms with Crippen LogP contribution in [0, 0.1) is 5.41 Å². The van der Waals surface area contributed by atoms with Crippen molar-refractivity contribution in [3.63, 3.8) is 0 Å². The fraction of sp³-hybridized carbons (Fsp3) is 0.812. The van der Waals surface area contributed by atoms with Crippen LogP contribution in [0.1, 0.15) is 71.6 Å². The number of ketones is 1. The molecule has 5 heteroatoms. The van der Waals surface area contributed by atoms with E-state index in [2.05, 4.69) is 12.2 Å². The van der Waals surface area contributed by atoms with Gasteiger partial charge in [0.25, 0.3) is 0 Å². The van der Waals surface area contributed by atoms with Crippen LogP contribution in [-0.2, 0) is 9.59 Å². The number of nitrogens with one attached hydrogen (secondary N) is 2. The minimum absolute atomic E-state index is 0.00485. The molecule has 0 spiro atoms. The van der Waals surface area contributed by atoms with Gasteiger partial charge >= 0.3 is 0 Å². The van der Waals surface area contributed by atoms with Crippen molar-refractivity contribution >= 4 is 17.6 Å². The molecule has 1 amide bonds. The molecule has 0 aliphatic rings. The summed E-state index contributed by atoms with van der Waals surface area (Å²) in [6.45, 7) is 3.83. The molecule has 2 N–H and O–H groups in total. The molecule has 0 aliphatic heterocycles. The fourth-order valence-electron chi connectivity index (χ4n) is 2.12. The number of likely N-dealkylation sites (N-methyl/N-ethyl adjacent to an activating group) is 1. The maximum Gasteiger partial charge on any atom is 0.226 e. The lowest BCUT2D eigenvalue weighted by Crippen LogP contribution is -2.43. The molecule has 5 nitrogen and oxygen atoms in total. The monoisotopic (exact) mass is 297 g/mol. The number of hydrogen-bond donors (Lipinski definition) is 2. The number of nitrogens with zero attached hydrogens (tertiary/aromatic N) is 1. The molecule has 0 heterocycles. The second kappa shape index (κ2) is 12.4. The van der Waals surface area contributed by atoms with E-state index >= 15 is 0 Å². The van der Waals surface area contributed by atoms with Crippen LogP contribution in [0.25, 0.3) is 0 Å². The number of carbonyl (C=O) groups is 2. The zero-order valence-corrected chi connectivity index (χ0v) is 13.8. The molecule has 0 atom stereocenters. The first-order valence-electron chi connectivity index (χ1n) is 8.06. The van der Waals surface area contributed by atoms with Crippen molar-refractivity contribution in [2.45, 2.75) is 71.6 Å².